The zero-order valence-corrected chi connectivity index (χ0v) is 12.6. The van der Waals surface area contributed by atoms with Crippen molar-refractivity contribution in [1.82, 2.24) is 14.8 Å². The Morgan fingerprint density at radius 1 is 1.09 bits per heavy atom. The molecule has 1 amide bonds. The van der Waals surface area contributed by atoms with Crippen LogP contribution in [0, 0.1) is 5.92 Å². The third-order valence-corrected chi connectivity index (χ3v) is 4.75. The van der Waals surface area contributed by atoms with Gasteiger partial charge in [-0.15, -0.1) is 10.2 Å². The molecule has 4 rings (SSSR count). The number of hydrogen-bond donors (Lipinski definition) is 1. The molecule has 0 unspecified atom stereocenters. The number of hydrogen-bond acceptors (Lipinski definition) is 3. The molecule has 1 fully saturated rings. The number of nitrogens with zero attached hydrogens (tertiary/aromatic N) is 3. The van der Waals surface area contributed by atoms with Crippen LogP contribution in [0.1, 0.15) is 37.9 Å². The molecule has 1 aliphatic heterocycles. The fraction of sp³-hybridized carbons (Fsp3) is 0.471. The number of carbonyl (C=O) groups is 1. The number of benzene rings is 1. The highest BCUT2D eigenvalue weighted by atomic mass is 16.1. The van der Waals surface area contributed by atoms with Crippen molar-refractivity contribution in [3.63, 3.8) is 0 Å². The Labute approximate surface area is 129 Å². The van der Waals surface area contributed by atoms with Crippen LogP contribution in [0.25, 0.3) is 11.4 Å². The van der Waals surface area contributed by atoms with Crippen LogP contribution in [0.5, 0.6) is 0 Å². The zero-order valence-electron chi connectivity index (χ0n) is 12.6. The number of fused-ring (bicyclic) bond motifs is 1. The summed E-state index contributed by atoms with van der Waals surface area (Å²) >= 11 is 0. The minimum absolute atomic E-state index is 0.152. The maximum atomic E-state index is 12.0. The third-order valence-electron chi connectivity index (χ3n) is 4.75. The van der Waals surface area contributed by atoms with Crippen molar-refractivity contribution in [3.8, 4) is 11.4 Å². The molecule has 0 radical (unpaired) electrons. The van der Waals surface area contributed by atoms with Crippen molar-refractivity contribution in [1.29, 1.82) is 0 Å². The molecule has 1 aromatic heterocycles. The van der Waals surface area contributed by atoms with Crippen LogP contribution in [0.15, 0.2) is 24.3 Å². The van der Waals surface area contributed by atoms with E-state index in [4.69, 9.17) is 0 Å². The fourth-order valence-corrected chi connectivity index (χ4v) is 3.14. The van der Waals surface area contributed by atoms with E-state index in [9.17, 15) is 4.79 Å². The molecular weight excluding hydrogens is 276 g/mol. The Kier molecular flexibility index (Phi) is 3.41. The molecule has 2 aliphatic rings. The molecule has 5 heteroatoms. The van der Waals surface area contributed by atoms with Crippen molar-refractivity contribution in [3.05, 3.63) is 30.1 Å². The van der Waals surface area contributed by atoms with E-state index in [0.29, 0.717) is 0 Å². The molecule has 22 heavy (non-hydrogen) atoms. The molecule has 0 saturated heterocycles. The number of amides is 1. The summed E-state index contributed by atoms with van der Waals surface area (Å²) in [5.41, 5.74) is 1.92. The van der Waals surface area contributed by atoms with Crippen LogP contribution < -0.4 is 5.32 Å². The van der Waals surface area contributed by atoms with Gasteiger partial charge in [0.2, 0.25) is 5.91 Å². The number of anilines is 1. The lowest BCUT2D eigenvalue weighted by Gasteiger charge is -2.24. The summed E-state index contributed by atoms with van der Waals surface area (Å²) in [5.74, 6) is 2.39. The Bertz CT molecular complexity index is 685. The van der Waals surface area contributed by atoms with Crippen molar-refractivity contribution in [2.75, 3.05) is 5.32 Å². The van der Waals surface area contributed by atoms with Gasteiger partial charge < -0.3 is 9.88 Å². The first-order valence-corrected chi connectivity index (χ1v) is 8.14. The van der Waals surface area contributed by atoms with Crippen molar-refractivity contribution >= 4 is 11.6 Å². The van der Waals surface area contributed by atoms with Crippen molar-refractivity contribution < 1.29 is 4.79 Å². The maximum absolute atomic E-state index is 12.0. The van der Waals surface area contributed by atoms with Gasteiger partial charge in [-0.2, -0.15) is 0 Å². The lowest BCUT2D eigenvalue weighted by molar-refractivity contribution is -0.122. The lowest BCUT2D eigenvalue weighted by atomic mass is 9.85. The van der Waals surface area contributed by atoms with Gasteiger partial charge in [0.15, 0.2) is 5.82 Å². The Morgan fingerprint density at radius 3 is 2.64 bits per heavy atom. The lowest BCUT2D eigenvalue weighted by Crippen LogP contribution is -2.27. The molecule has 1 N–H and O–H groups in total. The van der Waals surface area contributed by atoms with Gasteiger partial charge in [-0.1, -0.05) is 6.42 Å². The number of aryl methyl sites for hydroxylation is 1. The van der Waals surface area contributed by atoms with Gasteiger partial charge >= 0.3 is 0 Å². The standard InChI is InChI=1S/C17H20N4O/c22-17(13-4-3-5-13)18-14-9-7-12(8-10-14)16-20-19-15-6-1-2-11-21(15)16/h7-10,13H,1-6,11H2,(H,18,22). The second kappa shape index (κ2) is 5.55. The smallest absolute Gasteiger partial charge is 0.227 e. The average Bonchev–Trinajstić information content (AvgIpc) is 2.90. The van der Waals surface area contributed by atoms with Gasteiger partial charge in [-0.25, -0.2) is 0 Å². The van der Waals surface area contributed by atoms with E-state index in [0.717, 1.165) is 48.7 Å². The quantitative estimate of drug-likeness (QED) is 0.947. The number of aromatic nitrogens is 3. The molecule has 0 spiro atoms. The Hall–Kier alpha value is -2.17. The molecule has 1 saturated carbocycles. The van der Waals surface area contributed by atoms with E-state index < -0.39 is 0 Å². The summed E-state index contributed by atoms with van der Waals surface area (Å²) < 4.78 is 2.21. The van der Waals surface area contributed by atoms with Crippen LogP contribution >= 0.6 is 0 Å². The molecule has 0 atom stereocenters. The van der Waals surface area contributed by atoms with E-state index in [1.807, 2.05) is 24.3 Å². The molecule has 1 aromatic carbocycles. The van der Waals surface area contributed by atoms with E-state index in [2.05, 4.69) is 20.1 Å². The highest BCUT2D eigenvalue weighted by Gasteiger charge is 2.25. The Balaban J connectivity index is 1.52. The largest absolute Gasteiger partial charge is 0.326 e. The van der Waals surface area contributed by atoms with Crippen LogP contribution in [-0.2, 0) is 17.8 Å². The van der Waals surface area contributed by atoms with Crippen LogP contribution in [0.2, 0.25) is 0 Å². The van der Waals surface area contributed by atoms with Crippen LogP contribution in [0.4, 0.5) is 5.69 Å². The minimum Gasteiger partial charge on any atom is -0.326 e. The molecule has 2 heterocycles. The Morgan fingerprint density at radius 2 is 1.91 bits per heavy atom. The summed E-state index contributed by atoms with van der Waals surface area (Å²) in [5, 5.41) is 11.6. The SMILES string of the molecule is O=C(Nc1ccc(-c2nnc3n2CCCC3)cc1)C1CCC1. The monoisotopic (exact) mass is 296 g/mol. The van der Waals surface area contributed by atoms with Gasteiger partial charge in [0, 0.05) is 30.1 Å². The summed E-state index contributed by atoms with van der Waals surface area (Å²) in [6, 6.07) is 7.94. The topological polar surface area (TPSA) is 59.8 Å². The highest BCUT2D eigenvalue weighted by molar-refractivity contribution is 5.93. The van der Waals surface area contributed by atoms with Gasteiger partial charge in [0.1, 0.15) is 5.82 Å². The van der Waals surface area contributed by atoms with E-state index >= 15 is 0 Å². The number of nitrogens with one attached hydrogen (secondary N) is 1. The van der Waals surface area contributed by atoms with Crippen molar-refractivity contribution in [2.24, 2.45) is 5.92 Å². The average molecular weight is 296 g/mol. The first kappa shape index (κ1) is 13.5. The number of carbonyl (C=O) groups excluding carboxylic acids is 1. The zero-order chi connectivity index (χ0) is 14.9. The maximum Gasteiger partial charge on any atom is 0.227 e. The van der Waals surface area contributed by atoms with E-state index in [-0.39, 0.29) is 11.8 Å². The summed E-state index contributed by atoms with van der Waals surface area (Å²) in [7, 11) is 0. The third kappa shape index (κ3) is 2.40. The second-order valence-electron chi connectivity index (χ2n) is 6.24. The van der Waals surface area contributed by atoms with Crippen molar-refractivity contribution in [2.45, 2.75) is 45.1 Å². The fourth-order valence-electron chi connectivity index (χ4n) is 3.14. The first-order chi connectivity index (χ1) is 10.8. The minimum atomic E-state index is 0.152. The molecule has 0 bridgehead atoms. The number of rotatable bonds is 3. The summed E-state index contributed by atoms with van der Waals surface area (Å²) in [6.45, 7) is 0.998. The second-order valence-corrected chi connectivity index (χ2v) is 6.24. The molecule has 1 aliphatic carbocycles. The normalized spacial score (nSPS) is 17.6. The van der Waals surface area contributed by atoms with E-state index in [1.165, 1.54) is 19.3 Å². The predicted octanol–water partition coefficient (Wildman–Crippen LogP) is 3.02. The summed E-state index contributed by atoms with van der Waals surface area (Å²) in [6.07, 6.45) is 6.63. The molecule has 5 nitrogen and oxygen atoms in total. The molecule has 114 valence electrons. The molecule has 2 aromatic rings. The van der Waals surface area contributed by atoms with Gasteiger partial charge in [0.25, 0.3) is 0 Å². The first-order valence-electron chi connectivity index (χ1n) is 8.14. The van der Waals surface area contributed by atoms with Crippen LogP contribution in [0.3, 0.4) is 0 Å². The van der Waals surface area contributed by atoms with Gasteiger partial charge in [-0.05, 0) is 49.9 Å². The molecular formula is C17H20N4O. The predicted molar refractivity (Wildman–Crippen MR) is 84.4 cm³/mol. The van der Waals surface area contributed by atoms with Gasteiger partial charge in [0.05, 0.1) is 0 Å². The van der Waals surface area contributed by atoms with Crippen LogP contribution in [-0.4, -0.2) is 20.7 Å². The van der Waals surface area contributed by atoms with Gasteiger partial charge in [-0.3, -0.25) is 4.79 Å². The highest BCUT2D eigenvalue weighted by Crippen LogP contribution is 2.28. The summed E-state index contributed by atoms with van der Waals surface area (Å²) in [4.78, 5) is 12.0. The van der Waals surface area contributed by atoms with E-state index in [1.54, 1.807) is 0 Å².